The summed E-state index contributed by atoms with van der Waals surface area (Å²) in [5.41, 5.74) is 1.35. The molecule has 2 unspecified atom stereocenters. The maximum atomic E-state index is 4.45. The molecule has 3 heteroatoms. The molecule has 0 saturated heterocycles. The predicted molar refractivity (Wildman–Crippen MR) is 77.6 cm³/mol. The largest absolute Gasteiger partial charge is 0.310 e. The molecule has 0 saturated carbocycles. The van der Waals surface area contributed by atoms with Crippen LogP contribution >= 0.6 is 0 Å². The average Bonchev–Trinajstić information content (AvgIpc) is 2.79. The van der Waals surface area contributed by atoms with E-state index in [1.54, 1.807) is 0 Å². The van der Waals surface area contributed by atoms with Crippen molar-refractivity contribution in [3.8, 4) is 0 Å². The third kappa shape index (κ3) is 4.45. The molecule has 1 N–H and O–H groups in total. The van der Waals surface area contributed by atoms with Crippen LogP contribution in [0.2, 0.25) is 0 Å². The molecule has 1 aromatic heterocycles. The Kier molecular flexibility index (Phi) is 7.02. The molecule has 1 rings (SSSR count). The Hall–Kier alpha value is -0.830. The van der Waals surface area contributed by atoms with E-state index in [-0.39, 0.29) is 0 Å². The zero-order valence-corrected chi connectivity index (χ0v) is 12.4. The van der Waals surface area contributed by atoms with Crippen molar-refractivity contribution in [2.24, 2.45) is 5.92 Å². The Labute approximate surface area is 112 Å². The zero-order chi connectivity index (χ0) is 13.4. The lowest BCUT2D eigenvalue weighted by atomic mass is 9.92. The lowest BCUT2D eigenvalue weighted by Gasteiger charge is -2.24. The molecular weight excluding hydrogens is 222 g/mol. The van der Waals surface area contributed by atoms with Gasteiger partial charge in [0, 0.05) is 24.3 Å². The summed E-state index contributed by atoms with van der Waals surface area (Å²) in [5.74, 6) is 0.667. The molecule has 1 heterocycles. The predicted octanol–water partition coefficient (Wildman–Crippen LogP) is 3.77. The fourth-order valence-electron chi connectivity index (χ4n) is 2.46. The van der Waals surface area contributed by atoms with Crippen LogP contribution in [0.25, 0.3) is 0 Å². The highest BCUT2D eigenvalue weighted by Gasteiger charge is 2.19. The first kappa shape index (κ1) is 15.2. The third-order valence-corrected chi connectivity index (χ3v) is 3.39. The van der Waals surface area contributed by atoms with Crippen LogP contribution in [-0.4, -0.2) is 16.3 Å². The topological polar surface area (TPSA) is 29.9 Å². The lowest BCUT2D eigenvalue weighted by molar-refractivity contribution is 0.363. The van der Waals surface area contributed by atoms with Crippen molar-refractivity contribution in [3.63, 3.8) is 0 Å². The van der Waals surface area contributed by atoms with E-state index in [4.69, 9.17) is 0 Å². The van der Waals surface area contributed by atoms with Crippen LogP contribution in [0.4, 0.5) is 0 Å². The average molecular weight is 251 g/mol. The van der Waals surface area contributed by atoms with Gasteiger partial charge in [0.2, 0.25) is 0 Å². The molecule has 3 nitrogen and oxygen atoms in total. The van der Waals surface area contributed by atoms with E-state index < -0.39 is 0 Å². The summed E-state index contributed by atoms with van der Waals surface area (Å²) in [4.78, 5) is 0. The number of aromatic nitrogens is 2. The van der Waals surface area contributed by atoms with Gasteiger partial charge in [0.1, 0.15) is 0 Å². The Morgan fingerprint density at radius 1 is 1.22 bits per heavy atom. The second kappa shape index (κ2) is 8.30. The smallest absolute Gasteiger partial charge is 0.0537 e. The van der Waals surface area contributed by atoms with Crippen LogP contribution in [0.15, 0.2) is 12.4 Å². The number of hydrogen-bond acceptors (Lipinski definition) is 2. The van der Waals surface area contributed by atoms with Crippen LogP contribution in [0.3, 0.4) is 0 Å². The fourth-order valence-corrected chi connectivity index (χ4v) is 2.46. The molecule has 0 amide bonds. The first-order chi connectivity index (χ1) is 8.72. The third-order valence-electron chi connectivity index (χ3n) is 3.39. The van der Waals surface area contributed by atoms with Gasteiger partial charge >= 0.3 is 0 Å². The van der Waals surface area contributed by atoms with Crippen molar-refractivity contribution < 1.29 is 0 Å². The van der Waals surface area contributed by atoms with Crippen molar-refractivity contribution in [1.82, 2.24) is 15.1 Å². The minimum atomic E-state index is 0.454. The van der Waals surface area contributed by atoms with Gasteiger partial charge in [-0.15, -0.1) is 0 Å². The molecule has 0 aromatic carbocycles. The summed E-state index contributed by atoms with van der Waals surface area (Å²) in [6.45, 7) is 11.1. The van der Waals surface area contributed by atoms with E-state index in [1.165, 1.54) is 24.8 Å². The van der Waals surface area contributed by atoms with Gasteiger partial charge in [-0.25, -0.2) is 0 Å². The van der Waals surface area contributed by atoms with Gasteiger partial charge in [-0.1, -0.05) is 34.1 Å². The first-order valence-electron chi connectivity index (χ1n) is 7.48. The Balaban J connectivity index is 2.72. The summed E-state index contributed by atoms with van der Waals surface area (Å²) in [6, 6.07) is 0.454. The molecule has 0 fully saturated rings. The summed E-state index contributed by atoms with van der Waals surface area (Å²) in [6.07, 6.45) is 9.07. The highest BCUT2D eigenvalue weighted by Crippen LogP contribution is 2.25. The van der Waals surface area contributed by atoms with Gasteiger partial charge in [0.05, 0.1) is 6.20 Å². The summed E-state index contributed by atoms with van der Waals surface area (Å²) >= 11 is 0. The molecule has 0 spiro atoms. The van der Waals surface area contributed by atoms with Crippen LogP contribution in [0, 0.1) is 5.92 Å². The first-order valence-corrected chi connectivity index (χ1v) is 7.48. The molecule has 0 aliphatic rings. The Morgan fingerprint density at radius 2 is 2.00 bits per heavy atom. The number of nitrogens with one attached hydrogen (secondary N) is 1. The molecule has 18 heavy (non-hydrogen) atoms. The number of nitrogens with zero attached hydrogens (tertiary/aromatic N) is 2. The van der Waals surface area contributed by atoms with Gasteiger partial charge in [-0.05, 0) is 31.7 Å². The van der Waals surface area contributed by atoms with E-state index in [0.29, 0.717) is 12.0 Å². The van der Waals surface area contributed by atoms with Crippen molar-refractivity contribution >= 4 is 0 Å². The van der Waals surface area contributed by atoms with Crippen LogP contribution in [0.1, 0.15) is 65.0 Å². The van der Waals surface area contributed by atoms with Crippen LogP contribution in [-0.2, 0) is 6.54 Å². The van der Waals surface area contributed by atoms with Gasteiger partial charge in [-0.3, -0.25) is 4.68 Å². The van der Waals surface area contributed by atoms with Crippen molar-refractivity contribution in [2.75, 3.05) is 6.54 Å². The van der Waals surface area contributed by atoms with E-state index in [1.807, 2.05) is 6.20 Å². The Bertz CT molecular complexity index is 319. The molecule has 1 aromatic rings. The minimum Gasteiger partial charge on any atom is -0.310 e. The lowest BCUT2D eigenvalue weighted by Crippen LogP contribution is -2.27. The maximum Gasteiger partial charge on any atom is 0.0537 e. The van der Waals surface area contributed by atoms with Crippen molar-refractivity contribution in [3.05, 3.63) is 18.0 Å². The number of rotatable bonds is 9. The second-order valence-electron chi connectivity index (χ2n) is 5.23. The van der Waals surface area contributed by atoms with E-state index in [9.17, 15) is 0 Å². The van der Waals surface area contributed by atoms with Gasteiger partial charge in [-0.2, -0.15) is 5.10 Å². The van der Waals surface area contributed by atoms with Gasteiger partial charge < -0.3 is 5.32 Å². The molecule has 0 radical (unpaired) electrons. The minimum absolute atomic E-state index is 0.454. The van der Waals surface area contributed by atoms with E-state index >= 15 is 0 Å². The number of hydrogen-bond donors (Lipinski definition) is 1. The molecule has 0 aliphatic carbocycles. The quantitative estimate of drug-likeness (QED) is 0.724. The van der Waals surface area contributed by atoms with Gasteiger partial charge in [0.15, 0.2) is 0 Å². The fraction of sp³-hybridized carbons (Fsp3) is 0.800. The highest BCUT2D eigenvalue weighted by atomic mass is 15.3. The molecular formula is C15H29N3. The Morgan fingerprint density at radius 3 is 2.61 bits per heavy atom. The SMILES string of the molecule is CCCNC(c1cnn(CCC)c1)C(C)CCC. The number of aryl methyl sites for hydroxylation is 1. The van der Waals surface area contributed by atoms with Crippen molar-refractivity contribution in [2.45, 2.75) is 66.0 Å². The second-order valence-corrected chi connectivity index (χ2v) is 5.23. The summed E-state index contributed by atoms with van der Waals surface area (Å²) in [7, 11) is 0. The molecule has 0 bridgehead atoms. The molecule has 104 valence electrons. The van der Waals surface area contributed by atoms with Gasteiger partial charge in [0.25, 0.3) is 0 Å². The highest BCUT2D eigenvalue weighted by molar-refractivity contribution is 5.11. The summed E-state index contributed by atoms with van der Waals surface area (Å²) in [5, 5.41) is 8.13. The molecule has 2 atom stereocenters. The van der Waals surface area contributed by atoms with Crippen LogP contribution < -0.4 is 5.32 Å². The normalized spacial score (nSPS) is 14.7. The summed E-state index contributed by atoms with van der Waals surface area (Å²) < 4.78 is 2.06. The van der Waals surface area contributed by atoms with Crippen molar-refractivity contribution in [1.29, 1.82) is 0 Å². The molecule has 0 aliphatic heterocycles. The van der Waals surface area contributed by atoms with E-state index in [2.05, 4.69) is 49.0 Å². The maximum absolute atomic E-state index is 4.45. The van der Waals surface area contributed by atoms with E-state index in [0.717, 1.165) is 19.5 Å². The zero-order valence-electron chi connectivity index (χ0n) is 12.4. The standard InChI is InChI=1S/C15H29N3/c1-5-8-13(4)15(16-9-6-2)14-11-17-18(12-14)10-7-3/h11-13,15-16H,5-10H2,1-4H3. The monoisotopic (exact) mass is 251 g/mol. The van der Waals surface area contributed by atoms with Crippen LogP contribution in [0.5, 0.6) is 0 Å².